The average molecular weight is 333 g/mol. The minimum Gasteiger partial charge on any atom is -0.465 e. The number of rotatable bonds is 16. The zero-order chi connectivity index (χ0) is 16.5. The third-order valence-corrected chi connectivity index (χ3v) is 4.40. The van der Waals surface area contributed by atoms with Crippen LogP contribution in [0.15, 0.2) is 0 Å². The van der Waals surface area contributed by atoms with E-state index >= 15 is 0 Å². The molecule has 0 rings (SSSR count). The molecular weight excluding hydrogens is 296 g/mol. The maximum Gasteiger partial charge on any atom is 0.307 e. The number of alkyl halides is 1. The first-order valence-corrected chi connectivity index (χ1v) is 9.99. The molecule has 1 unspecified atom stereocenters. The number of esters is 1. The van der Waals surface area contributed by atoms with Crippen LogP contribution in [0, 0.1) is 5.92 Å². The van der Waals surface area contributed by atoms with Gasteiger partial charge in [-0.2, -0.15) is 0 Å². The van der Waals surface area contributed by atoms with E-state index in [4.69, 9.17) is 16.3 Å². The summed E-state index contributed by atoms with van der Waals surface area (Å²) in [4.78, 5) is 11.5. The Hall–Kier alpha value is -0.240. The number of carbonyl (C=O) groups is 1. The van der Waals surface area contributed by atoms with Gasteiger partial charge in [-0.1, -0.05) is 78.1 Å². The van der Waals surface area contributed by atoms with Gasteiger partial charge in [0.2, 0.25) is 0 Å². The van der Waals surface area contributed by atoms with Crippen LogP contribution < -0.4 is 0 Å². The molecule has 0 aliphatic carbocycles. The molecular formula is C19H37ClO2. The van der Waals surface area contributed by atoms with Crippen molar-refractivity contribution in [1.82, 2.24) is 0 Å². The number of unbranched alkanes of at least 4 members (excludes halogenated alkanes) is 8. The van der Waals surface area contributed by atoms with E-state index in [9.17, 15) is 4.79 Å². The Morgan fingerprint density at radius 1 is 0.864 bits per heavy atom. The second-order valence-corrected chi connectivity index (χ2v) is 6.77. The van der Waals surface area contributed by atoms with Gasteiger partial charge >= 0.3 is 5.97 Å². The van der Waals surface area contributed by atoms with Crippen LogP contribution in [0.1, 0.15) is 97.3 Å². The van der Waals surface area contributed by atoms with Crippen molar-refractivity contribution in [2.45, 2.75) is 97.3 Å². The van der Waals surface area contributed by atoms with Crippen molar-refractivity contribution < 1.29 is 9.53 Å². The first-order valence-electron chi connectivity index (χ1n) is 9.46. The lowest BCUT2D eigenvalue weighted by Gasteiger charge is -2.17. The Bertz CT molecular complexity index is 244. The van der Waals surface area contributed by atoms with Gasteiger partial charge in [0.05, 0.1) is 13.0 Å². The van der Waals surface area contributed by atoms with Gasteiger partial charge in [-0.3, -0.25) is 4.79 Å². The predicted molar refractivity (Wildman–Crippen MR) is 96.5 cm³/mol. The van der Waals surface area contributed by atoms with E-state index in [0.717, 1.165) is 0 Å². The molecule has 0 N–H and O–H groups in total. The van der Waals surface area contributed by atoms with Crippen molar-refractivity contribution in [1.29, 1.82) is 0 Å². The lowest BCUT2D eigenvalue weighted by Crippen LogP contribution is -2.15. The number of carbonyl (C=O) groups excluding carboxylic acids is 1. The molecule has 0 amide bonds. The molecule has 3 heteroatoms. The molecule has 0 saturated heterocycles. The van der Waals surface area contributed by atoms with Gasteiger partial charge in [-0.15, -0.1) is 11.6 Å². The highest BCUT2D eigenvalue weighted by Gasteiger charge is 2.11. The molecule has 0 aromatic rings. The van der Waals surface area contributed by atoms with Crippen molar-refractivity contribution in [3.63, 3.8) is 0 Å². The number of hydrogen-bond acceptors (Lipinski definition) is 2. The smallest absolute Gasteiger partial charge is 0.307 e. The Balaban J connectivity index is 3.86. The summed E-state index contributed by atoms with van der Waals surface area (Å²) < 4.78 is 5.37. The zero-order valence-corrected chi connectivity index (χ0v) is 15.6. The third-order valence-electron chi connectivity index (χ3n) is 4.21. The molecule has 132 valence electrons. The first-order chi connectivity index (χ1) is 10.7. The highest BCUT2D eigenvalue weighted by molar-refractivity contribution is 6.18. The third kappa shape index (κ3) is 14.7. The van der Waals surface area contributed by atoms with E-state index in [1.54, 1.807) is 0 Å². The molecule has 0 spiro atoms. The minimum atomic E-state index is -0.142. The van der Waals surface area contributed by atoms with Crippen molar-refractivity contribution in [2.24, 2.45) is 5.92 Å². The Kier molecular flexibility index (Phi) is 16.9. The maximum absolute atomic E-state index is 11.5. The second kappa shape index (κ2) is 17.1. The van der Waals surface area contributed by atoms with Crippen LogP contribution in [-0.4, -0.2) is 18.5 Å². The first kappa shape index (κ1) is 21.8. The van der Waals surface area contributed by atoms with Gasteiger partial charge in [0, 0.05) is 5.88 Å². The molecule has 0 aliphatic heterocycles. The van der Waals surface area contributed by atoms with Gasteiger partial charge in [-0.05, 0) is 18.8 Å². The fourth-order valence-corrected chi connectivity index (χ4v) is 2.90. The van der Waals surface area contributed by atoms with Gasteiger partial charge < -0.3 is 4.74 Å². The van der Waals surface area contributed by atoms with Gasteiger partial charge in [0.25, 0.3) is 0 Å². The summed E-state index contributed by atoms with van der Waals surface area (Å²) >= 11 is 5.57. The molecule has 0 fully saturated rings. The largest absolute Gasteiger partial charge is 0.465 e. The average Bonchev–Trinajstić information content (AvgIpc) is 2.51. The number of halogens is 1. The summed E-state index contributed by atoms with van der Waals surface area (Å²) in [6.07, 6.45) is 15.9. The number of ether oxygens (including phenoxy) is 1. The van der Waals surface area contributed by atoms with Crippen molar-refractivity contribution >= 4 is 17.6 Å². The van der Waals surface area contributed by atoms with E-state index < -0.39 is 0 Å². The summed E-state index contributed by atoms with van der Waals surface area (Å²) in [6, 6.07) is 0. The van der Waals surface area contributed by atoms with Crippen LogP contribution in [0.25, 0.3) is 0 Å². The molecule has 0 aromatic carbocycles. The predicted octanol–water partition coefficient (Wildman–Crippen LogP) is 6.50. The monoisotopic (exact) mass is 332 g/mol. The fourth-order valence-electron chi connectivity index (χ4n) is 2.74. The minimum absolute atomic E-state index is 0.142. The molecule has 1 atom stereocenters. The molecule has 2 nitrogen and oxygen atoms in total. The SMILES string of the molecule is CCCCCCCCC(CCCCCC)COC(=O)CCCl. The van der Waals surface area contributed by atoms with E-state index in [0.29, 0.717) is 24.8 Å². The van der Waals surface area contributed by atoms with Crippen LogP contribution in [0.2, 0.25) is 0 Å². The topological polar surface area (TPSA) is 26.3 Å². The van der Waals surface area contributed by atoms with Crippen molar-refractivity contribution in [3.05, 3.63) is 0 Å². The quantitative estimate of drug-likeness (QED) is 0.183. The highest BCUT2D eigenvalue weighted by atomic mass is 35.5. The van der Waals surface area contributed by atoms with Gasteiger partial charge in [0.1, 0.15) is 0 Å². The van der Waals surface area contributed by atoms with Gasteiger partial charge in [-0.25, -0.2) is 0 Å². The molecule has 22 heavy (non-hydrogen) atoms. The lowest BCUT2D eigenvalue weighted by atomic mass is 9.95. The molecule has 0 bridgehead atoms. The van der Waals surface area contributed by atoms with Gasteiger partial charge in [0.15, 0.2) is 0 Å². The standard InChI is InChI=1S/C19H37ClO2/c1-3-5-7-9-10-12-14-18(13-11-8-6-4-2)17-22-19(21)15-16-20/h18H,3-17H2,1-2H3. The van der Waals surface area contributed by atoms with E-state index in [1.807, 2.05) is 0 Å². The maximum atomic E-state index is 11.5. The Labute approximate surface area is 143 Å². The molecule has 0 radical (unpaired) electrons. The Morgan fingerprint density at radius 2 is 1.36 bits per heavy atom. The molecule has 0 aliphatic rings. The summed E-state index contributed by atoms with van der Waals surface area (Å²) in [5.74, 6) is 0.760. The van der Waals surface area contributed by atoms with Crippen LogP contribution >= 0.6 is 11.6 Å². The number of hydrogen-bond donors (Lipinski definition) is 0. The highest BCUT2D eigenvalue weighted by Crippen LogP contribution is 2.19. The van der Waals surface area contributed by atoms with Crippen LogP contribution in [0.5, 0.6) is 0 Å². The summed E-state index contributed by atoms with van der Waals surface area (Å²) in [7, 11) is 0. The van der Waals surface area contributed by atoms with Crippen molar-refractivity contribution in [3.8, 4) is 0 Å². The van der Waals surface area contributed by atoms with E-state index in [2.05, 4.69) is 13.8 Å². The van der Waals surface area contributed by atoms with Crippen LogP contribution in [-0.2, 0) is 9.53 Å². The van der Waals surface area contributed by atoms with Crippen molar-refractivity contribution in [2.75, 3.05) is 12.5 Å². The van der Waals surface area contributed by atoms with E-state index in [-0.39, 0.29) is 5.97 Å². The molecule has 0 heterocycles. The summed E-state index contributed by atoms with van der Waals surface area (Å²) in [5, 5.41) is 0. The fraction of sp³-hybridized carbons (Fsp3) is 0.947. The van der Waals surface area contributed by atoms with Crippen LogP contribution in [0.4, 0.5) is 0 Å². The lowest BCUT2D eigenvalue weighted by molar-refractivity contribution is -0.144. The molecule has 0 aromatic heterocycles. The van der Waals surface area contributed by atoms with Crippen LogP contribution in [0.3, 0.4) is 0 Å². The normalized spacial score (nSPS) is 12.3. The summed E-state index contributed by atoms with van der Waals surface area (Å²) in [5.41, 5.74) is 0. The second-order valence-electron chi connectivity index (χ2n) is 6.39. The van der Waals surface area contributed by atoms with E-state index in [1.165, 1.54) is 77.0 Å². The Morgan fingerprint density at radius 3 is 1.91 bits per heavy atom. The molecule has 0 saturated carbocycles. The zero-order valence-electron chi connectivity index (χ0n) is 14.9. The summed E-state index contributed by atoms with van der Waals surface area (Å²) in [6.45, 7) is 5.08.